The predicted molar refractivity (Wildman–Crippen MR) is 138 cm³/mol. The maximum atomic E-state index is 12.4. The fraction of sp³-hybridized carbons (Fsp3) is 0.462. The molecule has 194 valence electrons. The number of benzene rings is 1. The lowest BCUT2D eigenvalue weighted by Crippen LogP contribution is -2.39. The van der Waals surface area contributed by atoms with Gasteiger partial charge in [-0.25, -0.2) is 9.97 Å². The van der Waals surface area contributed by atoms with Gasteiger partial charge in [0.1, 0.15) is 5.69 Å². The zero-order chi connectivity index (χ0) is 25.2. The normalized spacial score (nSPS) is 21.0. The van der Waals surface area contributed by atoms with Gasteiger partial charge in [0.15, 0.2) is 17.3 Å². The van der Waals surface area contributed by atoms with Gasteiger partial charge in [0, 0.05) is 49.6 Å². The average molecular weight is 505 g/mol. The molecule has 1 aliphatic carbocycles. The minimum absolute atomic E-state index is 0.0701. The lowest BCUT2D eigenvalue weighted by Gasteiger charge is -2.33. The van der Waals surface area contributed by atoms with Crippen LogP contribution in [0.1, 0.15) is 35.3 Å². The highest BCUT2D eigenvalue weighted by Gasteiger charge is 2.51. The number of nitrogens with zero attached hydrogens (tertiary/aromatic N) is 4. The fourth-order valence-electron chi connectivity index (χ4n) is 5.15. The Morgan fingerprint density at radius 2 is 1.89 bits per heavy atom. The second kappa shape index (κ2) is 10.1. The number of aromatic amines is 1. The molecule has 3 aromatic rings. The summed E-state index contributed by atoms with van der Waals surface area (Å²) in [5, 5.41) is 13.9. The molecule has 3 fully saturated rings. The summed E-state index contributed by atoms with van der Waals surface area (Å²) in [6, 6.07) is 10.1. The maximum absolute atomic E-state index is 12.4. The lowest BCUT2D eigenvalue weighted by molar-refractivity contribution is 0.0342. The zero-order valence-corrected chi connectivity index (χ0v) is 20.7. The van der Waals surface area contributed by atoms with Gasteiger partial charge in [-0.2, -0.15) is 5.10 Å². The summed E-state index contributed by atoms with van der Waals surface area (Å²) in [5.74, 6) is 0.242. The van der Waals surface area contributed by atoms with Crippen molar-refractivity contribution in [3.8, 4) is 11.4 Å². The molecule has 11 heteroatoms. The van der Waals surface area contributed by atoms with E-state index in [1.54, 1.807) is 12.3 Å². The molecule has 1 spiro atoms. The number of amides is 1. The van der Waals surface area contributed by atoms with E-state index in [1.165, 1.54) is 5.56 Å². The van der Waals surface area contributed by atoms with Crippen molar-refractivity contribution in [3.05, 3.63) is 47.8 Å². The maximum Gasteiger partial charge on any atom is 0.271 e. The average Bonchev–Trinajstić information content (AvgIpc) is 3.46. The number of carbonyl (C=O) groups excluding carboxylic acids is 1. The third-order valence-corrected chi connectivity index (χ3v) is 7.49. The Hall–Kier alpha value is -3.54. The molecule has 1 saturated carbocycles. The Labute approximate surface area is 215 Å². The molecule has 2 saturated heterocycles. The highest BCUT2D eigenvalue weighted by atomic mass is 16.5. The molecule has 11 nitrogen and oxygen atoms in total. The van der Waals surface area contributed by atoms with Gasteiger partial charge in [-0.3, -0.25) is 14.8 Å². The highest BCUT2D eigenvalue weighted by molar-refractivity contribution is 5.97. The van der Waals surface area contributed by atoms with E-state index in [9.17, 15) is 4.79 Å². The van der Waals surface area contributed by atoms with Crippen molar-refractivity contribution in [1.29, 1.82) is 0 Å². The molecule has 0 bridgehead atoms. The number of nitrogens with two attached hydrogens (primary N) is 1. The molecule has 37 heavy (non-hydrogen) atoms. The molecule has 5 N–H and O–H groups in total. The molecule has 1 unspecified atom stereocenters. The van der Waals surface area contributed by atoms with Crippen molar-refractivity contribution in [1.82, 2.24) is 25.1 Å². The molecule has 1 atom stereocenters. The molecule has 3 aliphatic rings. The van der Waals surface area contributed by atoms with Crippen LogP contribution in [0.25, 0.3) is 11.4 Å². The Morgan fingerprint density at radius 1 is 1.08 bits per heavy atom. The molecule has 1 aromatic carbocycles. The van der Waals surface area contributed by atoms with E-state index in [-0.39, 0.29) is 17.2 Å². The SMILES string of the molecule is NC(=O)c1nc(-c2ccn[nH]2)c(NC2CCOCC23CC3)nc1Nc1ccc(CN2CCOCC2)cc1. The van der Waals surface area contributed by atoms with E-state index >= 15 is 0 Å². The van der Waals surface area contributed by atoms with E-state index in [4.69, 9.17) is 20.2 Å². The van der Waals surface area contributed by atoms with Gasteiger partial charge in [0.25, 0.3) is 5.91 Å². The van der Waals surface area contributed by atoms with Crippen LogP contribution in [0.4, 0.5) is 17.3 Å². The largest absolute Gasteiger partial charge is 0.381 e. The van der Waals surface area contributed by atoms with Gasteiger partial charge in [-0.1, -0.05) is 12.1 Å². The van der Waals surface area contributed by atoms with Crippen molar-refractivity contribution in [3.63, 3.8) is 0 Å². The van der Waals surface area contributed by atoms with Gasteiger partial charge in [-0.05, 0) is 43.0 Å². The number of morpholine rings is 1. The van der Waals surface area contributed by atoms with Crippen LogP contribution in [-0.2, 0) is 16.0 Å². The third kappa shape index (κ3) is 5.15. The summed E-state index contributed by atoms with van der Waals surface area (Å²) in [6.07, 6.45) is 4.78. The Kier molecular flexibility index (Phi) is 6.49. The monoisotopic (exact) mass is 504 g/mol. The lowest BCUT2D eigenvalue weighted by atomic mass is 9.92. The highest BCUT2D eigenvalue weighted by Crippen LogP contribution is 2.52. The smallest absolute Gasteiger partial charge is 0.271 e. The van der Waals surface area contributed by atoms with Crippen LogP contribution in [-0.4, -0.2) is 76.5 Å². The van der Waals surface area contributed by atoms with Gasteiger partial charge >= 0.3 is 0 Å². The number of ether oxygens (including phenoxy) is 2. The molecule has 2 aromatic heterocycles. The number of hydrogen-bond acceptors (Lipinski definition) is 9. The van der Waals surface area contributed by atoms with E-state index < -0.39 is 5.91 Å². The van der Waals surface area contributed by atoms with Crippen LogP contribution in [0.3, 0.4) is 0 Å². The number of rotatable bonds is 8. The van der Waals surface area contributed by atoms with E-state index in [1.807, 2.05) is 12.1 Å². The number of anilines is 3. The van der Waals surface area contributed by atoms with Gasteiger partial charge in [0.05, 0.1) is 25.5 Å². The first-order valence-electron chi connectivity index (χ1n) is 12.8. The van der Waals surface area contributed by atoms with Crippen molar-refractivity contribution < 1.29 is 14.3 Å². The predicted octanol–water partition coefficient (Wildman–Crippen LogP) is 2.52. The summed E-state index contributed by atoms with van der Waals surface area (Å²) >= 11 is 0. The van der Waals surface area contributed by atoms with Crippen LogP contribution in [0.15, 0.2) is 36.5 Å². The van der Waals surface area contributed by atoms with Crippen molar-refractivity contribution >= 4 is 23.2 Å². The summed E-state index contributed by atoms with van der Waals surface area (Å²) < 4.78 is 11.2. The van der Waals surface area contributed by atoms with Crippen LogP contribution >= 0.6 is 0 Å². The number of nitrogens with one attached hydrogen (secondary N) is 3. The standard InChI is InChI=1S/C26H32N8O3/c27-23(35)22-25(29-18-3-1-17(2-4-18)15-34-10-13-36-14-11-34)32-24(21(31-22)19-5-9-28-33-19)30-20-6-12-37-16-26(20)7-8-26/h1-5,9,20H,6-8,10-16H2,(H2,27,35)(H,28,33)(H2,29,30,32). The number of carbonyl (C=O) groups is 1. The van der Waals surface area contributed by atoms with Gasteiger partial charge in [-0.15, -0.1) is 0 Å². The molecule has 0 radical (unpaired) electrons. The Morgan fingerprint density at radius 3 is 2.59 bits per heavy atom. The van der Waals surface area contributed by atoms with E-state index in [0.717, 1.165) is 64.4 Å². The first kappa shape index (κ1) is 23.8. The minimum Gasteiger partial charge on any atom is -0.381 e. The molecular formula is C26H32N8O3. The second-order valence-corrected chi connectivity index (χ2v) is 10.1. The first-order valence-corrected chi connectivity index (χ1v) is 12.8. The van der Waals surface area contributed by atoms with Gasteiger partial charge < -0.3 is 25.8 Å². The van der Waals surface area contributed by atoms with E-state index in [2.05, 4.69) is 42.8 Å². The number of primary amides is 1. The minimum atomic E-state index is -0.656. The fourth-order valence-corrected chi connectivity index (χ4v) is 5.15. The molecule has 6 rings (SSSR count). The molecule has 2 aliphatic heterocycles. The summed E-state index contributed by atoms with van der Waals surface area (Å²) in [6.45, 7) is 5.74. The number of hydrogen-bond donors (Lipinski definition) is 4. The Bertz CT molecular complexity index is 1240. The van der Waals surface area contributed by atoms with Gasteiger partial charge in [0.2, 0.25) is 0 Å². The molecular weight excluding hydrogens is 472 g/mol. The van der Waals surface area contributed by atoms with Crippen molar-refractivity contribution in [2.24, 2.45) is 11.1 Å². The van der Waals surface area contributed by atoms with Crippen molar-refractivity contribution in [2.75, 3.05) is 50.2 Å². The van der Waals surface area contributed by atoms with E-state index in [0.29, 0.717) is 29.6 Å². The number of H-pyrrole nitrogens is 1. The zero-order valence-electron chi connectivity index (χ0n) is 20.7. The topological polar surface area (TPSA) is 143 Å². The van der Waals surface area contributed by atoms with Crippen LogP contribution in [0.5, 0.6) is 0 Å². The third-order valence-electron chi connectivity index (χ3n) is 7.49. The summed E-state index contributed by atoms with van der Waals surface area (Å²) in [4.78, 5) is 24.3. The van der Waals surface area contributed by atoms with Crippen LogP contribution < -0.4 is 16.4 Å². The number of aromatic nitrogens is 4. The first-order chi connectivity index (χ1) is 18.1. The van der Waals surface area contributed by atoms with Crippen LogP contribution in [0, 0.1) is 5.41 Å². The Balaban J connectivity index is 1.28. The second-order valence-electron chi connectivity index (χ2n) is 10.1. The summed E-state index contributed by atoms with van der Waals surface area (Å²) in [7, 11) is 0. The molecule has 4 heterocycles. The quantitative estimate of drug-likeness (QED) is 0.364. The summed E-state index contributed by atoms with van der Waals surface area (Å²) in [5.41, 5.74) is 9.13. The van der Waals surface area contributed by atoms with Crippen molar-refractivity contribution in [2.45, 2.75) is 31.8 Å². The molecule has 1 amide bonds. The van der Waals surface area contributed by atoms with Crippen LogP contribution in [0.2, 0.25) is 0 Å².